The molecule has 1 aromatic rings. The molecule has 0 radical (unpaired) electrons. The van der Waals surface area contributed by atoms with Crippen LogP contribution >= 0.6 is 11.8 Å². The van der Waals surface area contributed by atoms with Gasteiger partial charge in [0.15, 0.2) is 0 Å². The van der Waals surface area contributed by atoms with Gasteiger partial charge in [0.25, 0.3) is 0 Å². The number of nitrogen functional groups attached to an aromatic ring is 1. The highest BCUT2D eigenvalue weighted by molar-refractivity contribution is 7.99. The van der Waals surface area contributed by atoms with Crippen LogP contribution in [0.1, 0.15) is 13.3 Å². The molecule has 1 aliphatic heterocycles. The van der Waals surface area contributed by atoms with E-state index in [1.54, 1.807) is 0 Å². The molecule has 0 aromatic carbocycles. The van der Waals surface area contributed by atoms with E-state index in [-0.39, 0.29) is 6.01 Å². The number of hydrazine groups is 1. The fourth-order valence-corrected chi connectivity index (χ4v) is 2.89. The lowest BCUT2D eigenvalue weighted by molar-refractivity contribution is 0.292. The van der Waals surface area contributed by atoms with Crippen molar-refractivity contribution in [1.82, 2.24) is 19.9 Å². The second-order valence-corrected chi connectivity index (χ2v) is 5.86. The summed E-state index contributed by atoms with van der Waals surface area (Å²) in [6.45, 7) is 6.64. The predicted molar refractivity (Wildman–Crippen MR) is 85.7 cm³/mol. The molecule has 0 amide bonds. The maximum absolute atomic E-state index is 5.42. The molecule has 0 saturated carbocycles. The zero-order chi connectivity index (χ0) is 14.9. The van der Waals surface area contributed by atoms with Crippen molar-refractivity contribution in [3.63, 3.8) is 0 Å². The Morgan fingerprint density at radius 1 is 1.24 bits per heavy atom. The molecular weight excluding hydrogens is 290 g/mol. The van der Waals surface area contributed by atoms with Crippen molar-refractivity contribution in [2.75, 3.05) is 55.0 Å². The molecule has 0 spiro atoms. The number of nitrogens with one attached hydrogen (secondary N) is 2. The second-order valence-electron chi connectivity index (χ2n) is 4.64. The van der Waals surface area contributed by atoms with E-state index in [0.717, 1.165) is 32.6 Å². The standard InChI is InChI=1S/C12H23N7OS/c1-2-7-20-12-16-10(15-11(17-12)18-13)14-3-4-19-5-8-21-9-6-19/h2-9,13H2,1H3,(H2,14,15,16,17,18). The Hall–Kier alpha value is -1.32. The van der Waals surface area contributed by atoms with Crippen LogP contribution in [-0.4, -0.2) is 64.1 Å². The number of thioether (sulfide) groups is 1. The summed E-state index contributed by atoms with van der Waals surface area (Å²) in [5, 5.41) is 3.20. The largest absolute Gasteiger partial charge is 0.463 e. The number of hydrogen-bond donors (Lipinski definition) is 3. The van der Waals surface area contributed by atoms with Gasteiger partial charge in [0.1, 0.15) is 0 Å². The molecule has 2 rings (SSSR count). The normalized spacial score (nSPS) is 15.7. The molecule has 9 heteroatoms. The van der Waals surface area contributed by atoms with Crippen LogP contribution in [0.4, 0.5) is 11.9 Å². The molecule has 1 saturated heterocycles. The average Bonchev–Trinajstić information content (AvgIpc) is 2.53. The lowest BCUT2D eigenvalue weighted by atomic mass is 10.4. The van der Waals surface area contributed by atoms with Crippen molar-refractivity contribution in [3.05, 3.63) is 0 Å². The third-order valence-electron chi connectivity index (χ3n) is 2.99. The molecule has 118 valence electrons. The minimum Gasteiger partial charge on any atom is -0.463 e. The van der Waals surface area contributed by atoms with Gasteiger partial charge in [0.05, 0.1) is 6.61 Å². The van der Waals surface area contributed by atoms with Gasteiger partial charge in [-0.2, -0.15) is 26.7 Å². The summed E-state index contributed by atoms with van der Waals surface area (Å²) in [7, 11) is 0. The highest BCUT2D eigenvalue weighted by Crippen LogP contribution is 2.11. The van der Waals surface area contributed by atoms with E-state index in [1.807, 2.05) is 18.7 Å². The third kappa shape index (κ3) is 5.52. The molecule has 21 heavy (non-hydrogen) atoms. The molecule has 0 aliphatic carbocycles. The van der Waals surface area contributed by atoms with Crippen LogP contribution in [0.15, 0.2) is 0 Å². The number of nitrogens with two attached hydrogens (primary N) is 1. The van der Waals surface area contributed by atoms with Crippen LogP contribution < -0.4 is 21.3 Å². The lowest BCUT2D eigenvalue weighted by Gasteiger charge is -2.25. The van der Waals surface area contributed by atoms with E-state index < -0.39 is 0 Å². The maximum atomic E-state index is 5.42. The van der Waals surface area contributed by atoms with Crippen LogP contribution in [0.25, 0.3) is 0 Å². The number of anilines is 2. The number of rotatable bonds is 8. The van der Waals surface area contributed by atoms with Gasteiger partial charge in [0.2, 0.25) is 11.9 Å². The van der Waals surface area contributed by atoms with Crippen LogP contribution in [0.3, 0.4) is 0 Å². The van der Waals surface area contributed by atoms with Crippen molar-refractivity contribution in [2.24, 2.45) is 5.84 Å². The first kappa shape index (κ1) is 16.1. The molecule has 2 heterocycles. The maximum Gasteiger partial charge on any atom is 0.323 e. The number of hydrogen-bond acceptors (Lipinski definition) is 9. The van der Waals surface area contributed by atoms with Crippen molar-refractivity contribution >= 4 is 23.7 Å². The topological polar surface area (TPSA) is 101 Å². The van der Waals surface area contributed by atoms with Gasteiger partial charge in [0, 0.05) is 37.7 Å². The smallest absolute Gasteiger partial charge is 0.323 e. The quantitative estimate of drug-likeness (QED) is 0.465. The van der Waals surface area contributed by atoms with Crippen molar-refractivity contribution in [2.45, 2.75) is 13.3 Å². The van der Waals surface area contributed by atoms with Crippen molar-refractivity contribution in [1.29, 1.82) is 0 Å². The summed E-state index contributed by atoms with van der Waals surface area (Å²) >= 11 is 2.01. The minimum atomic E-state index is 0.289. The van der Waals surface area contributed by atoms with Gasteiger partial charge >= 0.3 is 6.01 Å². The van der Waals surface area contributed by atoms with E-state index in [2.05, 4.69) is 30.6 Å². The molecular formula is C12H23N7OS. The van der Waals surface area contributed by atoms with E-state index in [9.17, 15) is 0 Å². The monoisotopic (exact) mass is 313 g/mol. The highest BCUT2D eigenvalue weighted by Gasteiger charge is 2.10. The van der Waals surface area contributed by atoms with E-state index in [1.165, 1.54) is 11.5 Å². The first-order valence-corrected chi connectivity index (χ1v) is 8.36. The van der Waals surface area contributed by atoms with Gasteiger partial charge in [-0.3, -0.25) is 10.3 Å². The third-order valence-corrected chi connectivity index (χ3v) is 3.94. The number of nitrogens with zero attached hydrogens (tertiary/aromatic N) is 4. The molecule has 0 atom stereocenters. The summed E-state index contributed by atoms with van der Waals surface area (Å²) < 4.78 is 5.42. The number of ether oxygens (including phenoxy) is 1. The Balaban J connectivity index is 1.85. The summed E-state index contributed by atoms with van der Waals surface area (Å²) in [5.41, 5.74) is 2.43. The predicted octanol–water partition coefficient (Wildman–Crippen LogP) is 0.407. The van der Waals surface area contributed by atoms with Crippen molar-refractivity contribution < 1.29 is 4.74 Å². The molecule has 1 aliphatic rings. The van der Waals surface area contributed by atoms with Crippen LogP contribution in [-0.2, 0) is 0 Å². The Morgan fingerprint density at radius 3 is 2.71 bits per heavy atom. The average molecular weight is 313 g/mol. The van der Waals surface area contributed by atoms with Crippen molar-refractivity contribution in [3.8, 4) is 6.01 Å². The Kier molecular flexibility index (Phi) is 6.77. The van der Waals surface area contributed by atoms with Gasteiger partial charge in [-0.05, 0) is 6.42 Å². The minimum absolute atomic E-state index is 0.289. The summed E-state index contributed by atoms with van der Waals surface area (Å²) in [6.07, 6.45) is 0.896. The van der Waals surface area contributed by atoms with Crippen LogP contribution in [0, 0.1) is 0 Å². The Morgan fingerprint density at radius 2 is 2.00 bits per heavy atom. The fraction of sp³-hybridized carbons (Fsp3) is 0.750. The molecule has 0 unspecified atom stereocenters. The van der Waals surface area contributed by atoms with E-state index in [4.69, 9.17) is 10.6 Å². The second kappa shape index (κ2) is 8.85. The van der Waals surface area contributed by atoms with E-state index >= 15 is 0 Å². The molecule has 1 aromatic heterocycles. The fourth-order valence-electron chi connectivity index (χ4n) is 1.91. The number of aromatic nitrogens is 3. The van der Waals surface area contributed by atoms with Gasteiger partial charge < -0.3 is 10.1 Å². The lowest BCUT2D eigenvalue weighted by Crippen LogP contribution is -2.36. The van der Waals surface area contributed by atoms with Crippen LogP contribution in [0.2, 0.25) is 0 Å². The van der Waals surface area contributed by atoms with Gasteiger partial charge in [-0.25, -0.2) is 5.84 Å². The van der Waals surface area contributed by atoms with E-state index in [0.29, 0.717) is 18.5 Å². The Labute approximate surface area is 129 Å². The summed E-state index contributed by atoms with van der Waals surface area (Å²) in [4.78, 5) is 14.9. The summed E-state index contributed by atoms with van der Waals surface area (Å²) in [6, 6.07) is 0.289. The first-order valence-electron chi connectivity index (χ1n) is 7.21. The zero-order valence-electron chi connectivity index (χ0n) is 12.3. The highest BCUT2D eigenvalue weighted by atomic mass is 32.2. The van der Waals surface area contributed by atoms with Gasteiger partial charge in [-0.15, -0.1) is 0 Å². The van der Waals surface area contributed by atoms with Crippen LogP contribution in [0.5, 0.6) is 6.01 Å². The Bertz CT molecular complexity index is 428. The summed E-state index contributed by atoms with van der Waals surface area (Å²) in [5.74, 6) is 8.57. The first-order chi connectivity index (χ1) is 10.3. The molecule has 8 nitrogen and oxygen atoms in total. The van der Waals surface area contributed by atoms with Gasteiger partial charge in [-0.1, -0.05) is 6.92 Å². The SMILES string of the molecule is CCCOc1nc(NN)nc(NCCN2CCSCC2)n1. The molecule has 4 N–H and O–H groups in total. The zero-order valence-corrected chi connectivity index (χ0v) is 13.2. The molecule has 0 bridgehead atoms. The molecule has 1 fully saturated rings.